The summed E-state index contributed by atoms with van der Waals surface area (Å²) in [4.78, 5) is 23.2. The van der Waals surface area contributed by atoms with E-state index in [0.29, 0.717) is 0 Å². The van der Waals surface area contributed by atoms with Crippen LogP contribution in [0.2, 0.25) is 0 Å². The van der Waals surface area contributed by atoms with Crippen molar-refractivity contribution in [3.05, 3.63) is 65.7 Å². The van der Waals surface area contributed by atoms with Crippen LogP contribution in [0.4, 0.5) is 13.2 Å². The smallest absolute Gasteiger partial charge is 0.416 e. The second kappa shape index (κ2) is 9.07. The molecule has 0 aliphatic heterocycles. The molecule has 0 aliphatic rings. The Morgan fingerprint density at radius 3 is 2.41 bits per heavy atom. The fourth-order valence-corrected chi connectivity index (χ4v) is 2.34. The van der Waals surface area contributed by atoms with Crippen molar-refractivity contribution in [1.29, 1.82) is 0 Å². The lowest BCUT2D eigenvalue weighted by molar-refractivity contribution is -0.141. The molecule has 2 aromatic rings. The lowest BCUT2D eigenvalue weighted by Crippen LogP contribution is -2.36. The summed E-state index contributed by atoms with van der Waals surface area (Å²) in [5.41, 5.74) is -0.0615. The minimum atomic E-state index is -4.51. The molecule has 2 N–H and O–H groups in total. The first kappa shape index (κ1) is 20.3. The molecule has 0 radical (unpaired) electrons. The number of carboxylic acid groups (broad SMARTS) is 1. The van der Waals surface area contributed by atoms with Crippen molar-refractivity contribution in [1.82, 2.24) is 5.32 Å². The second-order valence-electron chi connectivity index (χ2n) is 5.84. The molecule has 144 valence electrons. The maximum absolute atomic E-state index is 12.6. The van der Waals surface area contributed by atoms with E-state index in [0.717, 1.165) is 17.7 Å². The van der Waals surface area contributed by atoms with E-state index in [4.69, 9.17) is 4.74 Å². The molecule has 2 aromatic carbocycles. The second-order valence-corrected chi connectivity index (χ2v) is 5.84. The fourth-order valence-electron chi connectivity index (χ4n) is 2.34. The van der Waals surface area contributed by atoms with Crippen LogP contribution in [-0.2, 0) is 22.2 Å². The number of amides is 1. The Morgan fingerprint density at radius 2 is 1.78 bits per heavy atom. The topological polar surface area (TPSA) is 75.6 Å². The van der Waals surface area contributed by atoms with Gasteiger partial charge in [-0.2, -0.15) is 13.2 Å². The number of carbonyl (C=O) groups is 2. The van der Waals surface area contributed by atoms with Crippen LogP contribution in [0.25, 0.3) is 0 Å². The third-order valence-corrected chi connectivity index (χ3v) is 3.75. The summed E-state index contributed by atoms with van der Waals surface area (Å²) in [6.45, 7) is -0.631. The normalized spacial score (nSPS) is 12.3. The number of nitrogens with one attached hydrogen (secondary N) is 1. The Morgan fingerprint density at radius 1 is 1.07 bits per heavy atom. The molecule has 0 heterocycles. The van der Waals surface area contributed by atoms with Gasteiger partial charge in [0.05, 0.1) is 11.5 Å². The van der Waals surface area contributed by atoms with Gasteiger partial charge in [-0.1, -0.05) is 36.4 Å². The van der Waals surface area contributed by atoms with Gasteiger partial charge in [0.25, 0.3) is 5.91 Å². The van der Waals surface area contributed by atoms with Crippen molar-refractivity contribution < 1.29 is 32.6 Å². The average molecular weight is 381 g/mol. The molecule has 27 heavy (non-hydrogen) atoms. The quantitative estimate of drug-likeness (QED) is 0.737. The zero-order valence-electron chi connectivity index (χ0n) is 14.2. The van der Waals surface area contributed by atoms with Gasteiger partial charge in [0, 0.05) is 6.54 Å². The van der Waals surface area contributed by atoms with E-state index in [2.05, 4.69) is 5.32 Å². The van der Waals surface area contributed by atoms with E-state index in [-0.39, 0.29) is 18.7 Å². The summed E-state index contributed by atoms with van der Waals surface area (Å²) in [5, 5.41) is 11.7. The molecule has 0 saturated heterocycles. The molecule has 0 fully saturated rings. The summed E-state index contributed by atoms with van der Waals surface area (Å²) in [6, 6.07) is 13.1. The van der Waals surface area contributed by atoms with Crippen molar-refractivity contribution in [3.63, 3.8) is 0 Å². The van der Waals surface area contributed by atoms with Gasteiger partial charge >= 0.3 is 12.1 Å². The van der Waals surface area contributed by atoms with Crippen LogP contribution in [0, 0.1) is 5.92 Å². The van der Waals surface area contributed by atoms with Crippen molar-refractivity contribution in [2.45, 2.75) is 12.6 Å². The molecule has 0 bridgehead atoms. The predicted octanol–water partition coefficient (Wildman–Crippen LogP) is 3.14. The van der Waals surface area contributed by atoms with Gasteiger partial charge in [-0.15, -0.1) is 0 Å². The van der Waals surface area contributed by atoms with Crippen molar-refractivity contribution in [2.75, 3.05) is 13.2 Å². The van der Waals surface area contributed by atoms with Crippen LogP contribution in [-0.4, -0.2) is 30.1 Å². The van der Waals surface area contributed by atoms with Crippen LogP contribution in [0.3, 0.4) is 0 Å². The lowest BCUT2D eigenvalue weighted by atomic mass is 9.99. The average Bonchev–Trinajstić information content (AvgIpc) is 2.63. The number of ether oxygens (including phenoxy) is 1. The van der Waals surface area contributed by atoms with E-state index in [9.17, 15) is 27.9 Å². The summed E-state index contributed by atoms with van der Waals surface area (Å²) in [7, 11) is 0. The largest absolute Gasteiger partial charge is 0.484 e. The monoisotopic (exact) mass is 381 g/mol. The zero-order chi connectivity index (χ0) is 19.9. The van der Waals surface area contributed by atoms with Crippen LogP contribution < -0.4 is 10.1 Å². The number of rotatable bonds is 8. The van der Waals surface area contributed by atoms with Gasteiger partial charge in [-0.05, 0) is 30.2 Å². The first-order chi connectivity index (χ1) is 12.8. The highest BCUT2D eigenvalue weighted by atomic mass is 19.4. The Bertz CT molecular complexity index is 778. The van der Waals surface area contributed by atoms with Gasteiger partial charge in [0.1, 0.15) is 5.75 Å². The van der Waals surface area contributed by atoms with Crippen molar-refractivity contribution >= 4 is 11.9 Å². The number of hydrogen-bond acceptors (Lipinski definition) is 3. The van der Waals surface area contributed by atoms with Crippen LogP contribution in [0.1, 0.15) is 11.1 Å². The lowest BCUT2D eigenvalue weighted by Gasteiger charge is -2.14. The molecule has 2 rings (SSSR count). The maximum atomic E-state index is 12.6. The Labute approximate surface area is 153 Å². The molecule has 1 atom stereocenters. The molecule has 0 aromatic heterocycles. The van der Waals surface area contributed by atoms with Crippen LogP contribution in [0.15, 0.2) is 54.6 Å². The molecular weight excluding hydrogens is 363 g/mol. The molecule has 8 heteroatoms. The molecule has 1 unspecified atom stereocenters. The minimum Gasteiger partial charge on any atom is -0.484 e. The number of benzene rings is 2. The number of hydrogen-bond donors (Lipinski definition) is 2. The molecular formula is C19H18F3NO4. The minimum absolute atomic E-state index is 0.0981. The summed E-state index contributed by atoms with van der Waals surface area (Å²) < 4.78 is 43.0. The Balaban J connectivity index is 1.85. The molecule has 1 amide bonds. The van der Waals surface area contributed by atoms with Gasteiger partial charge in [0.15, 0.2) is 6.61 Å². The standard InChI is InChI=1S/C19H18F3NO4/c20-19(21,22)15-7-4-8-16(10-15)27-12-17(24)23-11-14(18(25)26)9-13-5-2-1-3-6-13/h1-8,10,14H,9,11-12H2,(H,23,24)(H,25,26). The van der Waals surface area contributed by atoms with Gasteiger partial charge in [-0.3, -0.25) is 9.59 Å². The van der Waals surface area contributed by atoms with Gasteiger partial charge in [-0.25, -0.2) is 0 Å². The van der Waals surface area contributed by atoms with E-state index in [1.165, 1.54) is 12.1 Å². The van der Waals surface area contributed by atoms with Crippen LogP contribution in [0.5, 0.6) is 5.75 Å². The van der Waals surface area contributed by atoms with Crippen molar-refractivity contribution in [3.8, 4) is 5.75 Å². The molecule has 0 spiro atoms. The highest BCUT2D eigenvalue weighted by Gasteiger charge is 2.30. The van der Waals surface area contributed by atoms with E-state index < -0.39 is 36.1 Å². The Kier molecular flexibility index (Phi) is 6.81. The zero-order valence-corrected chi connectivity index (χ0v) is 14.2. The molecule has 0 saturated carbocycles. The summed E-state index contributed by atoms with van der Waals surface area (Å²) in [6.07, 6.45) is -4.27. The third kappa shape index (κ3) is 6.65. The number of aliphatic carboxylic acids is 1. The summed E-state index contributed by atoms with van der Waals surface area (Å²) >= 11 is 0. The Hall–Kier alpha value is -3.03. The summed E-state index contributed by atoms with van der Waals surface area (Å²) in [5.74, 6) is -2.60. The number of alkyl halides is 3. The third-order valence-electron chi connectivity index (χ3n) is 3.75. The highest BCUT2D eigenvalue weighted by molar-refractivity contribution is 5.78. The van der Waals surface area contributed by atoms with E-state index in [1.54, 1.807) is 24.3 Å². The van der Waals surface area contributed by atoms with Crippen molar-refractivity contribution in [2.24, 2.45) is 5.92 Å². The predicted molar refractivity (Wildman–Crippen MR) is 91.2 cm³/mol. The van der Waals surface area contributed by atoms with E-state index in [1.807, 2.05) is 6.07 Å². The fraction of sp³-hybridized carbons (Fsp3) is 0.263. The first-order valence-electron chi connectivity index (χ1n) is 8.09. The highest BCUT2D eigenvalue weighted by Crippen LogP contribution is 2.31. The number of halogens is 3. The molecule has 5 nitrogen and oxygen atoms in total. The number of carbonyl (C=O) groups excluding carboxylic acids is 1. The van der Waals surface area contributed by atoms with E-state index >= 15 is 0 Å². The maximum Gasteiger partial charge on any atom is 0.416 e. The first-order valence-corrected chi connectivity index (χ1v) is 8.09. The number of carboxylic acids is 1. The van der Waals surface area contributed by atoms with Gasteiger partial charge in [0.2, 0.25) is 0 Å². The SMILES string of the molecule is O=C(COc1cccc(C(F)(F)F)c1)NCC(Cc1ccccc1)C(=O)O. The van der Waals surface area contributed by atoms with Crippen LogP contribution >= 0.6 is 0 Å². The molecule has 0 aliphatic carbocycles. The van der Waals surface area contributed by atoms with Gasteiger partial charge < -0.3 is 15.2 Å².